The van der Waals surface area contributed by atoms with Crippen molar-refractivity contribution in [3.63, 3.8) is 0 Å². The summed E-state index contributed by atoms with van der Waals surface area (Å²) in [5, 5.41) is 7.60. The van der Waals surface area contributed by atoms with E-state index in [1.807, 2.05) is 23.0 Å². The highest BCUT2D eigenvalue weighted by Crippen LogP contribution is 2.32. The number of nitrogens with zero attached hydrogens (tertiary/aromatic N) is 2. The Kier molecular flexibility index (Phi) is 4.63. The van der Waals surface area contributed by atoms with E-state index in [1.54, 1.807) is 17.5 Å². The summed E-state index contributed by atoms with van der Waals surface area (Å²) in [5.74, 6) is 0. The van der Waals surface area contributed by atoms with Crippen molar-refractivity contribution < 1.29 is 0 Å². The molecule has 21 heavy (non-hydrogen) atoms. The zero-order valence-corrected chi connectivity index (χ0v) is 14.3. The number of thiophene rings is 1. The largest absolute Gasteiger partial charge is 0.380 e. The smallest absolute Gasteiger partial charge is 0.107 e. The van der Waals surface area contributed by atoms with Gasteiger partial charge in [-0.15, -0.1) is 11.3 Å². The molecule has 3 nitrogen and oxygen atoms in total. The van der Waals surface area contributed by atoms with Crippen LogP contribution in [0.1, 0.15) is 10.4 Å². The van der Waals surface area contributed by atoms with E-state index in [0.29, 0.717) is 0 Å². The predicted molar refractivity (Wildman–Crippen MR) is 92.1 cm³/mol. The van der Waals surface area contributed by atoms with Crippen LogP contribution in [-0.4, -0.2) is 9.78 Å². The second kappa shape index (κ2) is 6.64. The molecule has 0 aliphatic carbocycles. The molecular weight excluding hydrogens is 370 g/mol. The zero-order chi connectivity index (χ0) is 14.7. The number of rotatable bonds is 5. The number of nitrogens with one attached hydrogen (secondary N) is 1. The molecule has 0 atom stereocenters. The number of hydrogen-bond acceptors (Lipinski definition) is 3. The van der Waals surface area contributed by atoms with Crippen molar-refractivity contribution in [1.82, 2.24) is 9.78 Å². The van der Waals surface area contributed by atoms with E-state index in [9.17, 15) is 0 Å². The van der Waals surface area contributed by atoms with Gasteiger partial charge in [0.15, 0.2) is 0 Å². The Morgan fingerprint density at radius 3 is 2.71 bits per heavy atom. The first-order chi connectivity index (χ1) is 10.2. The van der Waals surface area contributed by atoms with Gasteiger partial charge in [-0.1, -0.05) is 23.7 Å². The molecule has 1 aromatic carbocycles. The molecule has 0 bridgehead atoms. The third-order valence-corrected chi connectivity index (χ3v) is 5.50. The summed E-state index contributed by atoms with van der Waals surface area (Å²) < 4.78 is 3.66. The van der Waals surface area contributed by atoms with Crippen LogP contribution >= 0.6 is 38.9 Å². The molecule has 0 saturated carbocycles. The highest BCUT2D eigenvalue weighted by atomic mass is 79.9. The summed E-state index contributed by atoms with van der Waals surface area (Å²) in [6, 6.07) is 12.4. The first-order valence-corrected chi connectivity index (χ1v) is 8.43. The Labute approximate surface area is 140 Å². The van der Waals surface area contributed by atoms with Gasteiger partial charge in [0.25, 0.3) is 0 Å². The van der Waals surface area contributed by atoms with Crippen LogP contribution in [0.4, 0.5) is 5.69 Å². The Balaban J connectivity index is 1.59. The lowest BCUT2D eigenvalue weighted by Crippen LogP contribution is -2.01. The second-order valence-electron chi connectivity index (χ2n) is 4.59. The lowest BCUT2D eigenvalue weighted by atomic mass is 10.2. The number of aromatic nitrogens is 2. The number of halogens is 2. The molecule has 0 aliphatic rings. The fourth-order valence-corrected chi connectivity index (χ4v) is 3.71. The van der Waals surface area contributed by atoms with E-state index in [0.717, 1.165) is 27.6 Å². The van der Waals surface area contributed by atoms with E-state index in [1.165, 1.54) is 10.4 Å². The Hall–Kier alpha value is -1.30. The highest BCUT2D eigenvalue weighted by molar-refractivity contribution is 9.10. The fourth-order valence-electron chi connectivity index (χ4n) is 1.98. The fraction of sp³-hybridized carbons (Fsp3) is 0.133. The molecular formula is C15H13BrClN3S. The first kappa shape index (κ1) is 14.6. The van der Waals surface area contributed by atoms with Crippen LogP contribution in [0.15, 0.2) is 53.3 Å². The van der Waals surface area contributed by atoms with Gasteiger partial charge in [0.2, 0.25) is 0 Å². The van der Waals surface area contributed by atoms with Crippen LogP contribution in [0, 0.1) is 0 Å². The third-order valence-electron chi connectivity index (χ3n) is 3.02. The van der Waals surface area contributed by atoms with E-state index >= 15 is 0 Å². The van der Waals surface area contributed by atoms with Gasteiger partial charge < -0.3 is 5.32 Å². The third kappa shape index (κ3) is 3.87. The van der Waals surface area contributed by atoms with Gasteiger partial charge in [0.1, 0.15) is 4.34 Å². The van der Waals surface area contributed by atoms with E-state index in [2.05, 4.69) is 50.6 Å². The van der Waals surface area contributed by atoms with Gasteiger partial charge >= 0.3 is 0 Å². The first-order valence-electron chi connectivity index (χ1n) is 6.44. The zero-order valence-electron chi connectivity index (χ0n) is 11.1. The Morgan fingerprint density at radius 2 is 2.10 bits per heavy atom. The summed E-state index contributed by atoms with van der Waals surface area (Å²) in [6.07, 6.45) is 3.75. The number of anilines is 1. The van der Waals surface area contributed by atoms with Crippen molar-refractivity contribution >= 4 is 44.6 Å². The molecule has 2 heterocycles. The average Bonchev–Trinajstić information content (AvgIpc) is 3.09. The van der Waals surface area contributed by atoms with Gasteiger partial charge in [-0.05, 0) is 45.8 Å². The summed E-state index contributed by atoms with van der Waals surface area (Å²) in [4.78, 5) is 1.20. The van der Waals surface area contributed by atoms with Crippen molar-refractivity contribution in [3.05, 3.63) is 68.0 Å². The lowest BCUT2D eigenvalue weighted by molar-refractivity contribution is 0.687. The maximum Gasteiger partial charge on any atom is 0.107 e. The van der Waals surface area contributed by atoms with Crippen molar-refractivity contribution in [2.75, 3.05) is 5.32 Å². The van der Waals surface area contributed by atoms with Crippen LogP contribution in [0.3, 0.4) is 0 Å². The molecule has 3 aromatic rings. The van der Waals surface area contributed by atoms with Gasteiger partial charge in [-0.3, -0.25) is 4.68 Å². The quantitative estimate of drug-likeness (QED) is 0.671. The summed E-state index contributed by atoms with van der Waals surface area (Å²) in [5.41, 5.74) is 2.33. The van der Waals surface area contributed by atoms with Crippen LogP contribution in [0.25, 0.3) is 0 Å². The molecule has 0 aliphatic heterocycles. The maximum atomic E-state index is 6.04. The summed E-state index contributed by atoms with van der Waals surface area (Å²) in [6.45, 7) is 1.56. The molecule has 0 amide bonds. The van der Waals surface area contributed by atoms with Crippen LogP contribution < -0.4 is 5.32 Å². The van der Waals surface area contributed by atoms with Crippen LogP contribution in [-0.2, 0) is 13.1 Å². The normalized spacial score (nSPS) is 10.8. The minimum absolute atomic E-state index is 0.772. The van der Waals surface area contributed by atoms with Crippen LogP contribution in [0.2, 0.25) is 4.34 Å². The summed E-state index contributed by atoms with van der Waals surface area (Å²) >= 11 is 11.0. The lowest BCUT2D eigenvalue weighted by Gasteiger charge is -2.07. The van der Waals surface area contributed by atoms with Gasteiger partial charge in [0, 0.05) is 34.0 Å². The minimum Gasteiger partial charge on any atom is -0.380 e. The Morgan fingerprint density at radius 1 is 1.29 bits per heavy atom. The molecule has 0 radical (unpaired) electrons. The molecule has 2 aromatic heterocycles. The van der Waals surface area contributed by atoms with Gasteiger partial charge in [-0.25, -0.2) is 0 Å². The molecule has 0 spiro atoms. The second-order valence-corrected chi connectivity index (χ2v) is 7.18. The standard InChI is InChI=1S/C15H13BrClN3S/c16-14-8-13(21-15(14)17)9-18-12-4-2-11(3-5-12)10-20-7-1-6-19-20/h1-8,18H,9-10H2. The predicted octanol–water partition coefficient (Wildman–Crippen LogP) is 5.02. The Bertz CT molecular complexity index is 688. The maximum absolute atomic E-state index is 6.04. The molecule has 1 N–H and O–H groups in total. The molecule has 0 fully saturated rings. The average molecular weight is 383 g/mol. The number of benzene rings is 1. The van der Waals surface area contributed by atoms with Crippen LogP contribution in [0.5, 0.6) is 0 Å². The SMILES string of the molecule is Clc1sc(CNc2ccc(Cn3cccn3)cc2)cc1Br. The van der Waals surface area contributed by atoms with Crippen molar-refractivity contribution in [1.29, 1.82) is 0 Å². The van der Waals surface area contributed by atoms with Crippen molar-refractivity contribution in [2.45, 2.75) is 13.1 Å². The molecule has 108 valence electrons. The summed E-state index contributed by atoms with van der Waals surface area (Å²) in [7, 11) is 0. The van der Waals surface area contributed by atoms with E-state index in [-0.39, 0.29) is 0 Å². The van der Waals surface area contributed by atoms with Gasteiger partial charge in [-0.2, -0.15) is 5.10 Å². The molecule has 0 saturated heterocycles. The van der Waals surface area contributed by atoms with E-state index in [4.69, 9.17) is 11.6 Å². The topological polar surface area (TPSA) is 29.9 Å². The van der Waals surface area contributed by atoms with E-state index < -0.39 is 0 Å². The van der Waals surface area contributed by atoms with Crippen molar-refractivity contribution in [2.24, 2.45) is 0 Å². The molecule has 3 rings (SSSR count). The highest BCUT2D eigenvalue weighted by Gasteiger charge is 2.04. The number of hydrogen-bond donors (Lipinski definition) is 1. The molecule has 0 unspecified atom stereocenters. The molecule has 6 heteroatoms. The van der Waals surface area contributed by atoms with Crippen molar-refractivity contribution in [3.8, 4) is 0 Å². The minimum atomic E-state index is 0.772. The monoisotopic (exact) mass is 381 g/mol. The van der Waals surface area contributed by atoms with Gasteiger partial charge in [0.05, 0.1) is 6.54 Å².